The van der Waals surface area contributed by atoms with Crippen molar-refractivity contribution < 1.29 is 22.4 Å². The zero-order valence-electron chi connectivity index (χ0n) is 22.4. The summed E-state index contributed by atoms with van der Waals surface area (Å²) in [6, 6.07) is 19.5. The Bertz CT molecular complexity index is 1380. The molecule has 0 radical (unpaired) electrons. The van der Waals surface area contributed by atoms with Crippen LogP contribution in [-0.4, -0.2) is 43.3 Å². The van der Waals surface area contributed by atoms with E-state index in [1.807, 2.05) is 20.8 Å². The average molecular weight is 666 g/mol. The molecule has 0 saturated heterocycles. The van der Waals surface area contributed by atoms with Gasteiger partial charge in [0, 0.05) is 15.7 Å². The molecule has 0 aliphatic rings. The summed E-state index contributed by atoms with van der Waals surface area (Å²) in [5, 5.41) is 2.92. The highest BCUT2D eigenvalue weighted by Gasteiger charge is 2.34. The molecule has 39 heavy (non-hydrogen) atoms. The van der Waals surface area contributed by atoms with E-state index in [1.165, 1.54) is 29.2 Å². The number of rotatable bonds is 10. The topological polar surface area (TPSA) is 86.8 Å². The molecule has 1 N–H and O–H groups in total. The van der Waals surface area contributed by atoms with Crippen LogP contribution in [-0.2, 0) is 26.2 Å². The second-order valence-electron chi connectivity index (χ2n) is 10.1. The second kappa shape index (κ2) is 12.9. The van der Waals surface area contributed by atoms with Crippen LogP contribution < -0.4 is 9.62 Å². The number of anilines is 1. The van der Waals surface area contributed by atoms with E-state index in [1.54, 1.807) is 61.5 Å². The summed E-state index contributed by atoms with van der Waals surface area (Å²) in [7, 11) is -4.12. The van der Waals surface area contributed by atoms with Crippen molar-refractivity contribution >= 4 is 50.1 Å². The minimum atomic E-state index is -4.12. The summed E-state index contributed by atoms with van der Waals surface area (Å²) in [6.45, 7) is 6.78. The Morgan fingerprint density at radius 3 is 2.08 bits per heavy atom. The minimum Gasteiger partial charge on any atom is -0.350 e. The summed E-state index contributed by atoms with van der Waals surface area (Å²) < 4.78 is 43.1. The van der Waals surface area contributed by atoms with Gasteiger partial charge in [0.25, 0.3) is 10.0 Å². The summed E-state index contributed by atoms with van der Waals surface area (Å²) >= 11 is 2.12. The van der Waals surface area contributed by atoms with Gasteiger partial charge < -0.3 is 10.2 Å². The molecule has 0 spiro atoms. The van der Waals surface area contributed by atoms with Gasteiger partial charge in [0.15, 0.2) is 0 Å². The van der Waals surface area contributed by atoms with Crippen molar-refractivity contribution in [2.24, 2.45) is 0 Å². The first-order chi connectivity index (χ1) is 18.3. The molecule has 0 aliphatic carbocycles. The molecule has 0 saturated carbocycles. The van der Waals surface area contributed by atoms with Gasteiger partial charge in [-0.25, -0.2) is 12.8 Å². The Labute approximate surface area is 243 Å². The highest BCUT2D eigenvalue weighted by atomic mass is 127. The molecule has 0 aliphatic heterocycles. The van der Waals surface area contributed by atoms with Crippen molar-refractivity contribution in [3.05, 3.63) is 93.8 Å². The number of carbonyl (C=O) groups excluding carboxylic acids is 2. The molecule has 10 heteroatoms. The van der Waals surface area contributed by atoms with Gasteiger partial charge >= 0.3 is 0 Å². The van der Waals surface area contributed by atoms with Crippen LogP contribution in [0.1, 0.15) is 39.7 Å². The third kappa shape index (κ3) is 8.25. The van der Waals surface area contributed by atoms with Crippen LogP contribution in [0.25, 0.3) is 0 Å². The van der Waals surface area contributed by atoms with E-state index >= 15 is 0 Å². The highest BCUT2D eigenvalue weighted by Crippen LogP contribution is 2.25. The number of benzene rings is 3. The molecule has 3 aromatic carbocycles. The standard InChI is InChI=1S/C29H33FIN3O4S/c1-5-26(28(36)32-29(2,3)4)33(19-21-11-13-22(30)14-12-21)27(35)20-34(24-17-15-23(31)16-18-24)39(37,38)25-9-7-6-8-10-25/h6-18,26H,5,19-20H2,1-4H3,(H,32,36). The Morgan fingerprint density at radius 1 is 0.949 bits per heavy atom. The maximum absolute atomic E-state index is 14.0. The molecule has 0 aromatic heterocycles. The van der Waals surface area contributed by atoms with Gasteiger partial charge in [-0.05, 0) is 104 Å². The number of nitrogens with zero attached hydrogens (tertiary/aromatic N) is 2. The van der Waals surface area contributed by atoms with E-state index in [9.17, 15) is 22.4 Å². The molecular formula is C29H33FIN3O4S. The Balaban J connectivity index is 2.05. The fraction of sp³-hybridized carbons (Fsp3) is 0.310. The van der Waals surface area contributed by atoms with Crippen LogP contribution in [0.15, 0.2) is 83.8 Å². The van der Waals surface area contributed by atoms with Crippen LogP contribution in [0.3, 0.4) is 0 Å². The molecule has 208 valence electrons. The molecule has 0 fully saturated rings. The fourth-order valence-electron chi connectivity index (χ4n) is 4.01. The molecule has 7 nitrogen and oxygen atoms in total. The van der Waals surface area contributed by atoms with Gasteiger partial charge in [0.05, 0.1) is 10.6 Å². The Morgan fingerprint density at radius 2 is 1.54 bits per heavy atom. The lowest BCUT2D eigenvalue weighted by atomic mass is 10.1. The number of nitrogens with one attached hydrogen (secondary N) is 1. The summed E-state index contributed by atoms with van der Waals surface area (Å²) in [6.07, 6.45) is 0.295. The summed E-state index contributed by atoms with van der Waals surface area (Å²) in [4.78, 5) is 28.7. The first-order valence-electron chi connectivity index (χ1n) is 12.5. The van der Waals surface area contributed by atoms with Crippen molar-refractivity contribution in [2.75, 3.05) is 10.8 Å². The molecular weight excluding hydrogens is 632 g/mol. The Hall–Kier alpha value is -2.99. The lowest BCUT2D eigenvalue weighted by Crippen LogP contribution is -2.55. The Kier molecular flexibility index (Phi) is 10.1. The number of hydrogen-bond donors (Lipinski definition) is 1. The predicted molar refractivity (Wildman–Crippen MR) is 159 cm³/mol. The zero-order chi connectivity index (χ0) is 28.8. The summed E-state index contributed by atoms with van der Waals surface area (Å²) in [5.74, 6) is -1.34. The van der Waals surface area contributed by atoms with Crippen molar-refractivity contribution in [1.29, 1.82) is 0 Å². The van der Waals surface area contributed by atoms with E-state index < -0.39 is 39.9 Å². The van der Waals surface area contributed by atoms with Crippen LogP contribution in [0.5, 0.6) is 0 Å². The van der Waals surface area contributed by atoms with Crippen LogP contribution in [0.4, 0.5) is 10.1 Å². The van der Waals surface area contributed by atoms with Gasteiger partial charge in [-0.15, -0.1) is 0 Å². The number of halogens is 2. The molecule has 0 heterocycles. The molecule has 2 amide bonds. The van der Waals surface area contributed by atoms with Gasteiger partial charge in [-0.3, -0.25) is 13.9 Å². The summed E-state index contributed by atoms with van der Waals surface area (Å²) in [5.41, 5.74) is 0.388. The van der Waals surface area contributed by atoms with Crippen molar-refractivity contribution in [3.63, 3.8) is 0 Å². The lowest BCUT2D eigenvalue weighted by Gasteiger charge is -2.34. The normalized spacial score (nSPS) is 12.5. The molecule has 1 atom stereocenters. The maximum atomic E-state index is 14.0. The SMILES string of the molecule is CCC(C(=O)NC(C)(C)C)N(Cc1ccc(F)cc1)C(=O)CN(c1ccc(I)cc1)S(=O)(=O)c1ccccc1. The van der Waals surface area contributed by atoms with Crippen molar-refractivity contribution in [2.45, 2.75) is 57.1 Å². The van der Waals surface area contributed by atoms with Gasteiger partial charge in [0.2, 0.25) is 11.8 Å². The quantitative estimate of drug-likeness (QED) is 0.296. The second-order valence-corrected chi connectivity index (χ2v) is 13.2. The van der Waals surface area contributed by atoms with E-state index in [4.69, 9.17) is 0 Å². The third-order valence-corrected chi connectivity index (χ3v) is 8.38. The first kappa shape index (κ1) is 30.6. The van der Waals surface area contributed by atoms with Gasteiger partial charge in [-0.2, -0.15) is 0 Å². The molecule has 0 bridgehead atoms. The minimum absolute atomic E-state index is 0.00109. The van der Waals surface area contributed by atoms with Crippen LogP contribution >= 0.6 is 22.6 Å². The smallest absolute Gasteiger partial charge is 0.264 e. The average Bonchev–Trinajstić information content (AvgIpc) is 2.88. The van der Waals surface area contributed by atoms with Gasteiger partial charge in [-0.1, -0.05) is 37.3 Å². The van der Waals surface area contributed by atoms with E-state index in [2.05, 4.69) is 27.9 Å². The van der Waals surface area contributed by atoms with Crippen molar-refractivity contribution in [3.8, 4) is 0 Å². The lowest BCUT2D eigenvalue weighted by molar-refractivity contribution is -0.141. The largest absolute Gasteiger partial charge is 0.350 e. The predicted octanol–water partition coefficient (Wildman–Crippen LogP) is 5.35. The zero-order valence-corrected chi connectivity index (χ0v) is 25.4. The third-order valence-electron chi connectivity index (χ3n) is 5.87. The van der Waals surface area contributed by atoms with E-state index in [0.717, 1.165) is 7.88 Å². The van der Waals surface area contributed by atoms with Gasteiger partial charge in [0.1, 0.15) is 18.4 Å². The molecule has 3 aromatic rings. The van der Waals surface area contributed by atoms with E-state index in [-0.39, 0.29) is 17.3 Å². The first-order valence-corrected chi connectivity index (χ1v) is 15.0. The van der Waals surface area contributed by atoms with Crippen LogP contribution in [0, 0.1) is 9.39 Å². The molecule has 3 rings (SSSR count). The number of amides is 2. The van der Waals surface area contributed by atoms with E-state index in [0.29, 0.717) is 17.7 Å². The van der Waals surface area contributed by atoms with Crippen molar-refractivity contribution in [1.82, 2.24) is 10.2 Å². The molecule has 1 unspecified atom stereocenters. The van der Waals surface area contributed by atoms with Crippen LogP contribution in [0.2, 0.25) is 0 Å². The number of hydrogen-bond acceptors (Lipinski definition) is 4. The number of sulfonamides is 1. The monoisotopic (exact) mass is 665 g/mol. The number of carbonyl (C=O) groups is 2. The maximum Gasteiger partial charge on any atom is 0.264 e. The fourth-order valence-corrected chi connectivity index (χ4v) is 5.81. The highest BCUT2D eigenvalue weighted by molar-refractivity contribution is 14.1.